The van der Waals surface area contributed by atoms with Gasteiger partial charge in [0.25, 0.3) is 0 Å². The van der Waals surface area contributed by atoms with Gasteiger partial charge in [0.15, 0.2) is 0 Å². The van der Waals surface area contributed by atoms with Gasteiger partial charge in [0.2, 0.25) is 5.91 Å². The molecule has 17 heavy (non-hydrogen) atoms. The van der Waals surface area contributed by atoms with Crippen molar-refractivity contribution in [1.82, 2.24) is 5.32 Å². The Hall–Kier alpha value is -0.520. The van der Waals surface area contributed by atoms with Crippen LogP contribution in [0.15, 0.2) is 27.6 Å². The molecule has 0 fully saturated rings. The van der Waals surface area contributed by atoms with Gasteiger partial charge >= 0.3 is 0 Å². The smallest absolute Gasteiger partial charge is 0.230 e. The van der Waals surface area contributed by atoms with Gasteiger partial charge in [-0.1, -0.05) is 22.0 Å². The van der Waals surface area contributed by atoms with E-state index < -0.39 is 0 Å². The number of halogens is 1. The Morgan fingerprint density at radius 1 is 1.53 bits per heavy atom. The number of amides is 1. The Labute approximate surface area is 115 Å². The zero-order valence-corrected chi connectivity index (χ0v) is 12.4. The van der Waals surface area contributed by atoms with Gasteiger partial charge in [-0.15, -0.1) is 11.8 Å². The van der Waals surface area contributed by atoms with Crippen molar-refractivity contribution >= 4 is 33.6 Å². The van der Waals surface area contributed by atoms with Crippen molar-refractivity contribution < 1.29 is 4.79 Å². The number of carbonyl (C=O) groups is 1. The van der Waals surface area contributed by atoms with E-state index in [9.17, 15) is 4.79 Å². The maximum absolute atomic E-state index is 11.5. The lowest BCUT2D eigenvalue weighted by Crippen LogP contribution is -2.31. The average Bonchev–Trinajstić information content (AvgIpc) is 2.25. The summed E-state index contributed by atoms with van der Waals surface area (Å²) >= 11 is 4.98. The molecular formula is C12H17BrN2OS. The van der Waals surface area contributed by atoms with Crippen molar-refractivity contribution in [1.29, 1.82) is 0 Å². The zero-order chi connectivity index (χ0) is 12.8. The van der Waals surface area contributed by atoms with Gasteiger partial charge in [-0.05, 0) is 31.5 Å². The van der Waals surface area contributed by atoms with Gasteiger partial charge in [0, 0.05) is 22.0 Å². The summed E-state index contributed by atoms with van der Waals surface area (Å²) in [6.07, 6.45) is 0. The van der Waals surface area contributed by atoms with E-state index in [1.165, 1.54) is 11.8 Å². The summed E-state index contributed by atoms with van der Waals surface area (Å²) in [6.45, 7) is 4.42. The number of rotatable bonds is 5. The Morgan fingerprint density at radius 3 is 2.76 bits per heavy atom. The minimum Gasteiger partial charge on any atom is -0.353 e. The predicted molar refractivity (Wildman–Crippen MR) is 76.0 cm³/mol. The second-order valence-electron chi connectivity index (χ2n) is 3.97. The molecule has 0 unspecified atom stereocenters. The molecule has 1 amide bonds. The van der Waals surface area contributed by atoms with E-state index >= 15 is 0 Å². The largest absolute Gasteiger partial charge is 0.353 e. The molecule has 5 heteroatoms. The summed E-state index contributed by atoms with van der Waals surface area (Å²) in [7, 11) is 0. The van der Waals surface area contributed by atoms with Crippen LogP contribution in [0.3, 0.4) is 0 Å². The lowest BCUT2D eigenvalue weighted by atomic mass is 10.2. The summed E-state index contributed by atoms with van der Waals surface area (Å²) in [6, 6.07) is 6.15. The normalized spacial score (nSPS) is 10.6. The Kier molecular flexibility index (Phi) is 6.02. The van der Waals surface area contributed by atoms with E-state index in [0.29, 0.717) is 12.3 Å². The Bertz CT molecular complexity index is 396. The van der Waals surface area contributed by atoms with Crippen molar-refractivity contribution in [3.05, 3.63) is 28.2 Å². The van der Waals surface area contributed by atoms with Gasteiger partial charge in [0.05, 0.1) is 5.75 Å². The third kappa shape index (κ3) is 5.10. The molecule has 0 spiro atoms. The predicted octanol–water partition coefficient (Wildman–Crippen LogP) is 2.52. The van der Waals surface area contributed by atoms with Crippen LogP contribution < -0.4 is 11.1 Å². The first-order valence-corrected chi connectivity index (χ1v) is 7.21. The van der Waals surface area contributed by atoms with Gasteiger partial charge in [0.1, 0.15) is 0 Å². The zero-order valence-electron chi connectivity index (χ0n) is 10.00. The van der Waals surface area contributed by atoms with E-state index in [1.807, 2.05) is 32.0 Å². The quantitative estimate of drug-likeness (QED) is 0.821. The van der Waals surface area contributed by atoms with E-state index in [1.54, 1.807) is 0 Å². The van der Waals surface area contributed by atoms with Crippen LogP contribution in [0.25, 0.3) is 0 Å². The fraction of sp³-hybridized carbons (Fsp3) is 0.417. The van der Waals surface area contributed by atoms with Crippen LogP contribution in [0.2, 0.25) is 0 Å². The molecule has 0 heterocycles. The lowest BCUT2D eigenvalue weighted by molar-refractivity contribution is -0.119. The summed E-state index contributed by atoms with van der Waals surface area (Å²) < 4.78 is 0.995. The minimum absolute atomic E-state index is 0.0593. The standard InChI is InChI=1S/C12H17BrN2OS/c1-8(2)15-12(16)7-17-10-4-3-9(6-14)11(13)5-10/h3-5,8H,6-7,14H2,1-2H3,(H,15,16). The summed E-state index contributed by atoms with van der Waals surface area (Å²) in [5, 5.41) is 2.86. The third-order valence-electron chi connectivity index (χ3n) is 2.06. The van der Waals surface area contributed by atoms with Gasteiger partial charge in [-0.2, -0.15) is 0 Å². The highest BCUT2D eigenvalue weighted by Crippen LogP contribution is 2.25. The van der Waals surface area contributed by atoms with E-state index in [-0.39, 0.29) is 11.9 Å². The topological polar surface area (TPSA) is 55.1 Å². The highest BCUT2D eigenvalue weighted by Gasteiger charge is 2.05. The number of hydrogen-bond acceptors (Lipinski definition) is 3. The molecule has 0 radical (unpaired) electrons. The number of hydrogen-bond donors (Lipinski definition) is 2. The van der Waals surface area contributed by atoms with E-state index in [4.69, 9.17) is 5.73 Å². The number of thioether (sulfide) groups is 1. The van der Waals surface area contributed by atoms with Crippen LogP contribution in [0.4, 0.5) is 0 Å². The first kappa shape index (κ1) is 14.5. The molecule has 0 aliphatic carbocycles. The van der Waals surface area contributed by atoms with Crippen LogP contribution in [-0.2, 0) is 11.3 Å². The number of benzene rings is 1. The fourth-order valence-electron chi connectivity index (χ4n) is 1.30. The highest BCUT2D eigenvalue weighted by molar-refractivity contribution is 9.10. The first-order chi connectivity index (χ1) is 8.02. The maximum atomic E-state index is 11.5. The maximum Gasteiger partial charge on any atom is 0.230 e. The minimum atomic E-state index is 0.0593. The van der Waals surface area contributed by atoms with Crippen molar-refractivity contribution in [3.8, 4) is 0 Å². The van der Waals surface area contributed by atoms with Gasteiger partial charge in [-0.3, -0.25) is 4.79 Å². The fourth-order valence-corrected chi connectivity index (χ4v) is 2.73. The van der Waals surface area contributed by atoms with E-state index in [2.05, 4.69) is 21.2 Å². The molecule has 94 valence electrons. The molecule has 0 saturated carbocycles. The van der Waals surface area contributed by atoms with Crippen molar-refractivity contribution in [2.45, 2.75) is 31.3 Å². The Morgan fingerprint density at radius 2 is 2.24 bits per heavy atom. The molecule has 0 atom stereocenters. The molecule has 0 aliphatic rings. The monoisotopic (exact) mass is 316 g/mol. The van der Waals surface area contributed by atoms with Crippen molar-refractivity contribution in [2.75, 3.05) is 5.75 Å². The molecule has 0 aromatic heterocycles. The van der Waals surface area contributed by atoms with Crippen LogP contribution in [0.5, 0.6) is 0 Å². The summed E-state index contributed by atoms with van der Waals surface area (Å²) in [4.78, 5) is 12.5. The average molecular weight is 317 g/mol. The first-order valence-electron chi connectivity index (χ1n) is 5.43. The molecular weight excluding hydrogens is 300 g/mol. The number of nitrogens with one attached hydrogen (secondary N) is 1. The number of carbonyl (C=O) groups excluding carboxylic acids is 1. The van der Waals surface area contributed by atoms with Crippen LogP contribution in [0.1, 0.15) is 19.4 Å². The molecule has 0 saturated heterocycles. The van der Waals surface area contributed by atoms with Crippen LogP contribution in [-0.4, -0.2) is 17.7 Å². The van der Waals surface area contributed by atoms with Crippen molar-refractivity contribution in [2.24, 2.45) is 5.73 Å². The Balaban J connectivity index is 2.52. The lowest BCUT2D eigenvalue weighted by Gasteiger charge is -2.08. The molecule has 1 aromatic rings. The van der Waals surface area contributed by atoms with Crippen molar-refractivity contribution in [3.63, 3.8) is 0 Å². The molecule has 1 rings (SSSR count). The van der Waals surface area contributed by atoms with Gasteiger partial charge < -0.3 is 11.1 Å². The summed E-state index contributed by atoms with van der Waals surface area (Å²) in [5.74, 6) is 0.496. The molecule has 0 aliphatic heterocycles. The van der Waals surface area contributed by atoms with Crippen LogP contribution >= 0.6 is 27.7 Å². The SMILES string of the molecule is CC(C)NC(=O)CSc1ccc(CN)c(Br)c1. The van der Waals surface area contributed by atoms with E-state index in [0.717, 1.165) is 14.9 Å². The number of nitrogens with two attached hydrogens (primary N) is 1. The molecule has 0 bridgehead atoms. The van der Waals surface area contributed by atoms with Gasteiger partial charge in [-0.25, -0.2) is 0 Å². The molecule has 1 aromatic carbocycles. The molecule has 3 nitrogen and oxygen atoms in total. The second kappa shape index (κ2) is 7.03. The highest BCUT2D eigenvalue weighted by atomic mass is 79.9. The molecule has 3 N–H and O–H groups in total. The second-order valence-corrected chi connectivity index (χ2v) is 5.87. The summed E-state index contributed by atoms with van der Waals surface area (Å²) in [5.41, 5.74) is 6.65. The third-order valence-corrected chi connectivity index (χ3v) is 3.80. The van der Waals surface area contributed by atoms with Crippen LogP contribution in [0, 0.1) is 0 Å².